The Labute approximate surface area is 179 Å². The second kappa shape index (κ2) is 8.56. The molecule has 1 heterocycles. The van der Waals surface area contributed by atoms with Crippen molar-refractivity contribution >= 4 is 28.4 Å². The van der Waals surface area contributed by atoms with E-state index in [2.05, 4.69) is 11.4 Å². The number of fused-ring (bicyclic) bond motifs is 1. The summed E-state index contributed by atoms with van der Waals surface area (Å²) in [6.45, 7) is 2.76. The number of benzene rings is 3. The molecule has 0 radical (unpaired) electrons. The van der Waals surface area contributed by atoms with Gasteiger partial charge in [0, 0.05) is 23.0 Å². The van der Waals surface area contributed by atoms with Gasteiger partial charge in [0.25, 0.3) is 11.5 Å². The summed E-state index contributed by atoms with van der Waals surface area (Å²) in [6, 6.07) is 24.3. The molecule has 0 saturated heterocycles. The van der Waals surface area contributed by atoms with Crippen LogP contribution in [0.4, 0.5) is 0 Å². The van der Waals surface area contributed by atoms with E-state index in [0.717, 1.165) is 27.6 Å². The lowest BCUT2D eigenvalue weighted by atomic mass is 10.1. The van der Waals surface area contributed by atoms with E-state index >= 15 is 0 Å². The number of amides is 1. The fourth-order valence-electron chi connectivity index (χ4n) is 3.59. The van der Waals surface area contributed by atoms with Crippen LogP contribution in [0.3, 0.4) is 0 Å². The Hall–Kier alpha value is -3.37. The summed E-state index contributed by atoms with van der Waals surface area (Å²) in [7, 11) is 0. The molecule has 150 valence electrons. The maximum Gasteiger partial charge on any atom is 0.252 e. The van der Waals surface area contributed by atoms with Gasteiger partial charge in [0.2, 0.25) is 0 Å². The summed E-state index contributed by atoms with van der Waals surface area (Å²) >= 11 is 6.18. The first-order chi connectivity index (χ1) is 14.5. The number of halogens is 1. The number of hydrogen-bond acceptors (Lipinski definition) is 2. The molecule has 0 saturated carbocycles. The van der Waals surface area contributed by atoms with Crippen molar-refractivity contribution in [1.29, 1.82) is 0 Å². The smallest absolute Gasteiger partial charge is 0.252 e. The van der Waals surface area contributed by atoms with Crippen LogP contribution in [0.5, 0.6) is 0 Å². The van der Waals surface area contributed by atoms with Crippen LogP contribution in [0, 0.1) is 6.92 Å². The zero-order chi connectivity index (χ0) is 21.1. The van der Waals surface area contributed by atoms with Crippen LogP contribution in [-0.2, 0) is 13.1 Å². The monoisotopic (exact) mass is 416 g/mol. The Kier molecular flexibility index (Phi) is 5.68. The number of nitrogens with one attached hydrogen (secondary N) is 1. The van der Waals surface area contributed by atoms with Crippen LogP contribution >= 0.6 is 11.6 Å². The molecule has 5 heteroatoms. The predicted octanol–water partition coefficient (Wildman–Crippen LogP) is 4.94. The van der Waals surface area contributed by atoms with Gasteiger partial charge >= 0.3 is 0 Å². The summed E-state index contributed by atoms with van der Waals surface area (Å²) in [5, 5.41) is 4.21. The Bertz CT molecular complexity index is 1290. The molecule has 3 aromatic carbocycles. The highest BCUT2D eigenvalue weighted by Crippen LogP contribution is 2.19. The van der Waals surface area contributed by atoms with Gasteiger partial charge in [-0.05, 0) is 30.2 Å². The third-order valence-corrected chi connectivity index (χ3v) is 5.45. The van der Waals surface area contributed by atoms with E-state index in [4.69, 9.17) is 11.6 Å². The third kappa shape index (κ3) is 4.14. The van der Waals surface area contributed by atoms with Crippen LogP contribution in [0.15, 0.2) is 83.7 Å². The molecule has 1 aromatic heterocycles. The molecule has 0 unspecified atom stereocenters. The van der Waals surface area contributed by atoms with Gasteiger partial charge in [-0.3, -0.25) is 9.59 Å². The maximum absolute atomic E-state index is 12.9. The SMILES string of the molecule is Cc1cccc(Cn2c(=O)cc(C(=O)NCc3ccccc3Cl)c3ccccc32)c1. The summed E-state index contributed by atoms with van der Waals surface area (Å²) in [5.41, 5.74) is 3.89. The van der Waals surface area contributed by atoms with Gasteiger partial charge in [0.05, 0.1) is 17.6 Å². The minimum atomic E-state index is -0.300. The Morgan fingerprint density at radius 2 is 1.73 bits per heavy atom. The standard InChI is InChI=1S/C25H21ClN2O2/c1-17-7-6-8-18(13-17)16-28-23-12-5-3-10-20(23)21(14-24(28)29)25(30)27-15-19-9-2-4-11-22(19)26/h2-14H,15-16H2,1H3,(H,27,30). The second-order valence-corrected chi connectivity index (χ2v) is 7.67. The summed E-state index contributed by atoms with van der Waals surface area (Å²) < 4.78 is 1.70. The van der Waals surface area contributed by atoms with Crippen molar-refractivity contribution in [1.82, 2.24) is 9.88 Å². The molecule has 0 atom stereocenters. The number of aromatic nitrogens is 1. The Morgan fingerprint density at radius 1 is 0.967 bits per heavy atom. The number of aryl methyl sites for hydroxylation is 1. The van der Waals surface area contributed by atoms with Crippen LogP contribution in [0.2, 0.25) is 5.02 Å². The minimum absolute atomic E-state index is 0.210. The number of pyridine rings is 1. The number of rotatable bonds is 5. The normalized spacial score (nSPS) is 10.9. The van der Waals surface area contributed by atoms with Gasteiger partial charge in [0.1, 0.15) is 0 Å². The Morgan fingerprint density at radius 3 is 2.53 bits per heavy atom. The molecule has 0 spiro atoms. The first-order valence-electron chi connectivity index (χ1n) is 9.72. The van der Waals surface area contributed by atoms with Crippen molar-refractivity contribution in [3.63, 3.8) is 0 Å². The quantitative estimate of drug-likeness (QED) is 0.501. The molecule has 4 aromatic rings. The first kappa shape index (κ1) is 19.9. The van der Waals surface area contributed by atoms with Gasteiger partial charge in [-0.1, -0.05) is 77.8 Å². The van der Waals surface area contributed by atoms with Crippen molar-refractivity contribution in [3.8, 4) is 0 Å². The molecular weight excluding hydrogens is 396 g/mol. The number of carbonyl (C=O) groups excluding carboxylic acids is 1. The molecule has 0 aliphatic heterocycles. The third-order valence-electron chi connectivity index (χ3n) is 5.08. The molecule has 4 rings (SSSR count). The number of nitrogens with zero attached hydrogens (tertiary/aromatic N) is 1. The first-order valence-corrected chi connectivity index (χ1v) is 10.1. The van der Waals surface area contributed by atoms with E-state index in [-0.39, 0.29) is 11.5 Å². The van der Waals surface area contributed by atoms with Crippen LogP contribution in [-0.4, -0.2) is 10.5 Å². The number of carbonyl (C=O) groups is 1. The maximum atomic E-state index is 12.9. The zero-order valence-corrected chi connectivity index (χ0v) is 17.3. The molecule has 0 bridgehead atoms. The predicted molar refractivity (Wildman–Crippen MR) is 121 cm³/mol. The molecule has 4 nitrogen and oxygen atoms in total. The fraction of sp³-hybridized carbons (Fsp3) is 0.120. The Balaban J connectivity index is 1.69. The van der Waals surface area contributed by atoms with E-state index in [1.54, 1.807) is 10.6 Å². The topological polar surface area (TPSA) is 51.1 Å². The average Bonchev–Trinajstić information content (AvgIpc) is 2.75. The highest BCUT2D eigenvalue weighted by Gasteiger charge is 2.15. The van der Waals surface area contributed by atoms with Crippen LogP contribution < -0.4 is 10.9 Å². The largest absolute Gasteiger partial charge is 0.348 e. The van der Waals surface area contributed by atoms with Crippen LogP contribution in [0.1, 0.15) is 27.0 Å². The van der Waals surface area contributed by atoms with E-state index < -0.39 is 0 Å². The van der Waals surface area contributed by atoms with Crippen molar-refractivity contribution < 1.29 is 4.79 Å². The molecule has 1 N–H and O–H groups in total. The fourth-order valence-corrected chi connectivity index (χ4v) is 3.79. The lowest BCUT2D eigenvalue weighted by Crippen LogP contribution is -2.28. The second-order valence-electron chi connectivity index (χ2n) is 7.26. The molecule has 30 heavy (non-hydrogen) atoms. The van der Waals surface area contributed by atoms with Gasteiger partial charge < -0.3 is 9.88 Å². The minimum Gasteiger partial charge on any atom is -0.348 e. The van der Waals surface area contributed by atoms with E-state index in [1.807, 2.05) is 67.6 Å². The summed E-state index contributed by atoms with van der Waals surface area (Å²) in [6.07, 6.45) is 0. The summed E-state index contributed by atoms with van der Waals surface area (Å²) in [4.78, 5) is 25.8. The van der Waals surface area contributed by atoms with Gasteiger partial charge in [-0.25, -0.2) is 0 Å². The van der Waals surface area contributed by atoms with Gasteiger partial charge in [-0.15, -0.1) is 0 Å². The van der Waals surface area contributed by atoms with E-state index in [9.17, 15) is 9.59 Å². The highest BCUT2D eigenvalue weighted by molar-refractivity contribution is 6.31. The molecule has 1 amide bonds. The van der Waals surface area contributed by atoms with E-state index in [0.29, 0.717) is 23.7 Å². The lowest BCUT2D eigenvalue weighted by Gasteiger charge is -2.14. The highest BCUT2D eigenvalue weighted by atomic mass is 35.5. The molecular formula is C25H21ClN2O2. The zero-order valence-electron chi connectivity index (χ0n) is 16.6. The number of hydrogen-bond donors (Lipinski definition) is 1. The van der Waals surface area contributed by atoms with Crippen molar-refractivity contribution in [2.45, 2.75) is 20.0 Å². The van der Waals surface area contributed by atoms with Gasteiger partial charge in [-0.2, -0.15) is 0 Å². The van der Waals surface area contributed by atoms with Crippen molar-refractivity contribution in [2.75, 3.05) is 0 Å². The van der Waals surface area contributed by atoms with Crippen molar-refractivity contribution in [3.05, 3.63) is 116 Å². The molecule has 0 fully saturated rings. The molecule has 0 aliphatic rings. The van der Waals surface area contributed by atoms with E-state index in [1.165, 1.54) is 6.07 Å². The van der Waals surface area contributed by atoms with Crippen LogP contribution in [0.25, 0.3) is 10.9 Å². The summed E-state index contributed by atoms with van der Waals surface area (Å²) in [5.74, 6) is -0.300. The lowest BCUT2D eigenvalue weighted by molar-refractivity contribution is 0.0952. The van der Waals surface area contributed by atoms with Gasteiger partial charge in [0.15, 0.2) is 0 Å². The van der Waals surface area contributed by atoms with Crippen molar-refractivity contribution in [2.24, 2.45) is 0 Å². The average molecular weight is 417 g/mol. The number of para-hydroxylation sites is 1. The molecule has 0 aliphatic carbocycles.